The molecule has 104 valence electrons. The van der Waals surface area contributed by atoms with Gasteiger partial charge in [0.05, 0.1) is 12.1 Å². The lowest BCUT2D eigenvalue weighted by atomic mass is 10.1. The molecule has 0 unspecified atom stereocenters. The van der Waals surface area contributed by atoms with Crippen LogP contribution in [0.1, 0.15) is 18.4 Å². The zero-order chi connectivity index (χ0) is 14.0. The van der Waals surface area contributed by atoms with Gasteiger partial charge in [-0.15, -0.1) is 0 Å². The average Bonchev–Trinajstić information content (AvgIpc) is 2.81. The second-order valence-electron chi connectivity index (χ2n) is 4.54. The van der Waals surface area contributed by atoms with Crippen molar-refractivity contribution in [3.63, 3.8) is 0 Å². The summed E-state index contributed by atoms with van der Waals surface area (Å²) >= 11 is 12.2. The number of hydrogen-bond acceptors (Lipinski definition) is 3. The Morgan fingerprint density at radius 1 is 1.47 bits per heavy atom. The Balaban J connectivity index is 2.19. The van der Waals surface area contributed by atoms with Crippen LogP contribution in [0, 0.1) is 0 Å². The van der Waals surface area contributed by atoms with Crippen LogP contribution >= 0.6 is 23.2 Å². The molecular formula is C13H15Cl2NO3. The number of halogens is 2. The zero-order valence-corrected chi connectivity index (χ0v) is 12.0. The molecule has 0 aromatic heterocycles. The molecule has 1 fully saturated rings. The molecule has 0 bridgehead atoms. The van der Waals surface area contributed by atoms with Crippen LogP contribution in [0.25, 0.3) is 0 Å². The van der Waals surface area contributed by atoms with Crippen molar-refractivity contribution < 1.29 is 14.6 Å². The van der Waals surface area contributed by atoms with E-state index in [4.69, 9.17) is 33.0 Å². The molecule has 4 nitrogen and oxygen atoms in total. The Bertz CT molecular complexity index is 493. The van der Waals surface area contributed by atoms with Crippen molar-refractivity contribution >= 4 is 29.2 Å². The van der Waals surface area contributed by atoms with Crippen LogP contribution in [0.3, 0.4) is 0 Å². The van der Waals surface area contributed by atoms with Crippen LogP contribution in [0.5, 0.6) is 5.75 Å². The van der Waals surface area contributed by atoms with Crippen LogP contribution in [0.2, 0.25) is 10.0 Å². The molecule has 0 saturated carbocycles. The minimum atomic E-state index is -0.784. The number of benzene rings is 1. The number of hydrogen-bond donors (Lipinski definition) is 1. The van der Waals surface area contributed by atoms with Crippen molar-refractivity contribution in [2.75, 3.05) is 13.7 Å². The Hall–Kier alpha value is -0.970. The first-order valence-corrected chi connectivity index (χ1v) is 6.77. The van der Waals surface area contributed by atoms with Crippen LogP contribution < -0.4 is 4.74 Å². The molecule has 1 aromatic rings. The van der Waals surface area contributed by atoms with Crippen LogP contribution in [-0.4, -0.2) is 35.7 Å². The van der Waals surface area contributed by atoms with E-state index in [2.05, 4.69) is 0 Å². The number of carboxylic acid groups (broad SMARTS) is 1. The summed E-state index contributed by atoms with van der Waals surface area (Å²) in [5, 5.41) is 10.2. The Labute approximate surface area is 121 Å². The lowest BCUT2D eigenvalue weighted by molar-refractivity contribution is -0.142. The van der Waals surface area contributed by atoms with Gasteiger partial charge < -0.3 is 9.84 Å². The number of methoxy groups -OCH3 is 1. The minimum Gasteiger partial charge on any atom is -0.495 e. The van der Waals surface area contributed by atoms with E-state index in [1.54, 1.807) is 12.1 Å². The van der Waals surface area contributed by atoms with Gasteiger partial charge in [0.25, 0.3) is 0 Å². The second-order valence-corrected chi connectivity index (χ2v) is 5.36. The van der Waals surface area contributed by atoms with E-state index in [1.165, 1.54) is 7.11 Å². The number of nitrogens with zero attached hydrogens (tertiary/aromatic N) is 1. The minimum absolute atomic E-state index is 0.433. The summed E-state index contributed by atoms with van der Waals surface area (Å²) < 4.78 is 5.09. The van der Waals surface area contributed by atoms with Gasteiger partial charge in [-0.25, -0.2) is 0 Å². The molecule has 1 heterocycles. The average molecular weight is 304 g/mol. The molecule has 0 amide bonds. The molecule has 6 heteroatoms. The Morgan fingerprint density at radius 3 is 2.84 bits per heavy atom. The molecular weight excluding hydrogens is 289 g/mol. The molecule has 0 aliphatic carbocycles. The summed E-state index contributed by atoms with van der Waals surface area (Å²) in [5.41, 5.74) is 0.820. The Kier molecular flexibility index (Phi) is 4.55. The molecule has 1 atom stereocenters. The zero-order valence-electron chi connectivity index (χ0n) is 10.5. The lowest BCUT2D eigenvalue weighted by Crippen LogP contribution is -2.35. The number of aliphatic carboxylic acids is 1. The smallest absolute Gasteiger partial charge is 0.320 e. The Morgan fingerprint density at radius 2 is 2.21 bits per heavy atom. The van der Waals surface area contributed by atoms with E-state index >= 15 is 0 Å². The largest absolute Gasteiger partial charge is 0.495 e. The van der Waals surface area contributed by atoms with Crippen molar-refractivity contribution in [3.05, 3.63) is 27.7 Å². The van der Waals surface area contributed by atoms with Gasteiger partial charge in [0.1, 0.15) is 11.8 Å². The van der Waals surface area contributed by atoms with E-state index in [0.29, 0.717) is 28.8 Å². The topological polar surface area (TPSA) is 49.8 Å². The van der Waals surface area contributed by atoms with Crippen molar-refractivity contribution in [1.82, 2.24) is 4.90 Å². The third-order valence-corrected chi connectivity index (χ3v) is 3.99. The predicted octanol–water partition coefficient (Wildman–Crippen LogP) is 3.05. The molecule has 1 aliphatic rings. The van der Waals surface area contributed by atoms with Gasteiger partial charge in [0.15, 0.2) is 0 Å². The molecule has 1 N–H and O–H groups in total. The first kappa shape index (κ1) is 14.4. The third-order valence-electron chi connectivity index (χ3n) is 3.34. The van der Waals surface area contributed by atoms with Crippen LogP contribution in [-0.2, 0) is 11.3 Å². The monoisotopic (exact) mass is 303 g/mol. The third kappa shape index (κ3) is 3.14. The summed E-state index contributed by atoms with van der Waals surface area (Å²) in [7, 11) is 1.53. The quantitative estimate of drug-likeness (QED) is 0.929. The molecule has 0 spiro atoms. The van der Waals surface area contributed by atoms with Gasteiger partial charge in [0.2, 0.25) is 0 Å². The van der Waals surface area contributed by atoms with Gasteiger partial charge in [-0.3, -0.25) is 9.69 Å². The highest BCUT2D eigenvalue weighted by atomic mass is 35.5. The van der Waals surface area contributed by atoms with Crippen LogP contribution in [0.4, 0.5) is 0 Å². The van der Waals surface area contributed by atoms with Gasteiger partial charge in [0, 0.05) is 17.6 Å². The van der Waals surface area contributed by atoms with Gasteiger partial charge >= 0.3 is 5.97 Å². The SMILES string of the molecule is COc1cc(Cl)c(CN2CCC[C@H]2C(=O)O)cc1Cl. The van der Waals surface area contributed by atoms with Gasteiger partial charge in [-0.1, -0.05) is 23.2 Å². The normalized spacial score (nSPS) is 19.6. The number of carbonyl (C=O) groups is 1. The van der Waals surface area contributed by atoms with Crippen LogP contribution in [0.15, 0.2) is 12.1 Å². The first-order valence-electron chi connectivity index (χ1n) is 6.01. The molecule has 1 aromatic carbocycles. The maximum Gasteiger partial charge on any atom is 0.320 e. The first-order chi connectivity index (χ1) is 9.02. The van der Waals surface area contributed by atoms with E-state index in [1.807, 2.05) is 4.90 Å². The van der Waals surface area contributed by atoms with Crippen molar-refractivity contribution in [1.29, 1.82) is 0 Å². The molecule has 2 rings (SSSR count). The van der Waals surface area contributed by atoms with Crippen molar-refractivity contribution in [2.24, 2.45) is 0 Å². The predicted molar refractivity (Wildman–Crippen MR) is 74.1 cm³/mol. The van der Waals surface area contributed by atoms with E-state index < -0.39 is 12.0 Å². The highest BCUT2D eigenvalue weighted by Gasteiger charge is 2.30. The van der Waals surface area contributed by atoms with Gasteiger partial charge in [-0.05, 0) is 31.0 Å². The fourth-order valence-corrected chi connectivity index (χ4v) is 2.84. The molecule has 19 heavy (non-hydrogen) atoms. The summed E-state index contributed by atoms with van der Waals surface area (Å²) in [6, 6.07) is 2.96. The fraction of sp³-hybridized carbons (Fsp3) is 0.462. The fourth-order valence-electron chi connectivity index (χ4n) is 2.36. The number of carboxylic acids is 1. The molecule has 1 aliphatic heterocycles. The summed E-state index contributed by atoms with van der Waals surface area (Å²) in [6.45, 7) is 1.25. The van der Waals surface area contributed by atoms with Crippen molar-refractivity contribution in [3.8, 4) is 5.75 Å². The van der Waals surface area contributed by atoms with E-state index in [9.17, 15) is 4.79 Å². The summed E-state index contributed by atoms with van der Waals surface area (Å²) in [5.74, 6) is -0.264. The maximum absolute atomic E-state index is 11.1. The number of ether oxygens (including phenoxy) is 1. The standard InChI is InChI=1S/C13H15Cl2NO3/c1-19-12-6-9(14)8(5-10(12)15)7-16-4-2-3-11(16)13(17)18/h5-6,11H,2-4,7H2,1H3,(H,17,18)/t11-/m0/s1. The summed E-state index contributed by atoms with van der Waals surface area (Å²) in [4.78, 5) is 13.0. The summed E-state index contributed by atoms with van der Waals surface area (Å²) in [6.07, 6.45) is 1.56. The highest BCUT2D eigenvalue weighted by Crippen LogP contribution is 2.32. The van der Waals surface area contributed by atoms with Gasteiger partial charge in [-0.2, -0.15) is 0 Å². The second kappa shape index (κ2) is 5.99. The van der Waals surface area contributed by atoms with E-state index in [0.717, 1.165) is 18.5 Å². The highest BCUT2D eigenvalue weighted by molar-refractivity contribution is 6.34. The van der Waals surface area contributed by atoms with E-state index in [-0.39, 0.29) is 0 Å². The molecule has 0 radical (unpaired) electrons. The maximum atomic E-state index is 11.1. The number of rotatable bonds is 4. The molecule has 1 saturated heterocycles. The lowest BCUT2D eigenvalue weighted by Gasteiger charge is -2.22. The number of likely N-dealkylation sites (tertiary alicyclic amines) is 1. The van der Waals surface area contributed by atoms with Crippen molar-refractivity contribution in [2.45, 2.75) is 25.4 Å².